The molecular formula is C45H29N5. The summed E-state index contributed by atoms with van der Waals surface area (Å²) in [4.78, 5) is 19.2. The zero-order valence-corrected chi connectivity index (χ0v) is 27.0. The van der Waals surface area contributed by atoms with E-state index in [0.717, 1.165) is 55.6 Å². The van der Waals surface area contributed by atoms with E-state index in [1.165, 1.54) is 21.5 Å². The van der Waals surface area contributed by atoms with Crippen molar-refractivity contribution in [1.82, 2.24) is 24.5 Å². The van der Waals surface area contributed by atoms with Crippen molar-refractivity contribution in [3.8, 4) is 51.0 Å². The van der Waals surface area contributed by atoms with Crippen LogP contribution < -0.4 is 0 Å². The number of nitrogens with one attached hydrogen (secondary N) is 1. The SMILES string of the molecule is c1ccc(-c2nc(-c3ccccc3-c3ccccc3)nc(-c3ccccc3-n3c4ccccc4c4ccc5[nH]c6ccccc6c5c43)n2)cc1. The average Bonchev–Trinajstić information content (AvgIpc) is 3.74. The molecule has 0 saturated heterocycles. The molecule has 0 amide bonds. The minimum absolute atomic E-state index is 0.615. The van der Waals surface area contributed by atoms with Gasteiger partial charge in [-0.1, -0.05) is 140 Å². The number of hydrogen-bond acceptors (Lipinski definition) is 3. The van der Waals surface area contributed by atoms with Gasteiger partial charge in [0.1, 0.15) is 0 Å². The van der Waals surface area contributed by atoms with Gasteiger partial charge in [-0.15, -0.1) is 0 Å². The van der Waals surface area contributed by atoms with Crippen LogP contribution in [0.1, 0.15) is 0 Å². The third-order valence-electron chi connectivity index (χ3n) is 9.61. The first-order valence-corrected chi connectivity index (χ1v) is 16.8. The zero-order valence-electron chi connectivity index (χ0n) is 27.0. The van der Waals surface area contributed by atoms with Crippen molar-refractivity contribution in [2.75, 3.05) is 0 Å². The molecular weight excluding hydrogens is 611 g/mol. The van der Waals surface area contributed by atoms with E-state index >= 15 is 0 Å². The van der Waals surface area contributed by atoms with Crippen LogP contribution in [0.25, 0.3) is 94.6 Å². The molecule has 0 unspecified atom stereocenters. The Balaban J connectivity index is 1.28. The summed E-state index contributed by atoms with van der Waals surface area (Å²) in [5.74, 6) is 1.87. The monoisotopic (exact) mass is 639 g/mol. The lowest BCUT2D eigenvalue weighted by Gasteiger charge is -2.16. The summed E-state index contributed by atoms with van der Waals surface area (Å²) in [6, 6.07) is 59.0. The molecule has 7 aromatic carbocycles. The molecule has 0 bridgehead atoms. The van der Waals surface area contributed by atoms with E-state index in [4.69, 9.17) is 15.0 Å². The summed E-state index contributed by atoms with van der Waals surface area (Å²) in [7, 11) is 0. The lowest BCUT2D eigenvalue weighted by molar-refractivity contribution is 1.07. The van der Waals surface area contributed by atoms with Crippen molar-refractivity contribution >= 4 is 43.6 Å². The van der Waals surface area contributed by atoms with Gasteiger partial charge in [-0.25, -0.2) is 15.0 Å². The van der Waals surface area contributed by atoms with Gasteiger partial charge in [0.25, 0.3) is 0 Å². The number of rotatable bonds is 5. The molecule has 50 heavy (non-hydrogen) atoms. The van der Waals surface area contributed by atoms with Crippen LogP contribution in [0.3, 0.4) is 0 Å². The van der Waals surface area contributed by atoms with Crippen LogP contribution in [-0.4, -0.2) is 24.5 Å². The van der Waals surface area contributed by atoms with E-state index in [0.29, 0.717) is 17.5 Å². The summed E-state index contributed by atoms with van der Waals surface area (Å²) in [6.45, 7) is 0. The van der Waals surface area contributed by atoms with Crippen LogP contribution in [0, 0.1) is 0 Å². The molecule has 10 aromatic rings. The Morgan fingerprint density at radius 3 is 1.76 bits per heavy atom. The van der Waals surface area contributed by atoms with Gasteiger partial charge in [0.2, 0.25) is 0 Å². The molecule has 0 saturated carbocycles. The maximum absolute atomic E-state index is 5.28. The Morgan fingerprint density at radius 2 is 0.960 bits per heavy atom. The Morgan fingerprint density at radius 1 is 0.380 bits per heavy atom. The van der Waals surface area contributed by atoms with E-state index in [1.807, 2.05) is 30.3 Å². The fraction of sp³-hybridized carbons (Fsp3) is 0. The quantitative estimate of drug-likeness (QED) is 0.204. The van der Waals surface area contributed by atoms with Gasteiger partial charge >= 0.3 is 0 Å². The van der Waals surface area contributed by atoms with Crippen molar-refractivity contribution in [3.63, 3.8) is 0 Å². The predicted octanol–water partition coefficient (Wildman–Crippen LogP) is 11.3. The highest BCUT2D eigenvalue weighted by Crippen LogP contribution is 2.41. The Hall–Kier alpha value is -6.85. The first-order chi connectivity index (χ1) is 24.8. The predicted molar refractivity (Wildman–Crippen MR) is 205 cm³/mol. The highest BCUT2D eigenvalue weighted by molar-refractivity contribution is 6.25. The third-order valence-corrected chi connectivity index (χ3v) is 9.61. The number of fused-ring (bicyclic) bond motifs is 7. The zero-order chi connectivity index (χ0) is 33.0. The highest BCUT2D eigenvalue weighted by atomic mass is 15.1. The van der Waals surface area contributed by atoms with E-state index < -0.39 is 0 Å². The van der Waals surface area contributed by atoms with Gasteiger partial charge in [-0.05, 0) is 41.5 Å². The van der Waals surface area contributed by atoms with Crippen molar-refractivity contribution in [2.45, 2.75) is 0 Å². The van der Waals surface area contributed by atoms with Gasteiger partial charge in [-0.3, -0.25) is 0 Å². The standard InChI is InChI=1S/C45H29N5/c1-3-15-29(16-4-1)31-19-7-8-21-34(31)44-47-43(30-17-5-2-6-18-30)48-45(49-44)36-23-11-14-26-40(36)50-39-25-13-10-20-32(39)33-27-28-38-41(42(33)50)35-22-9-12-24-37(35)46-38/h1-28,46H. The average molecular weight is 640 g/mol. The second kappa shape index (κ2) is 11.4. The van der Waals surface area contributed by atoms with Gasteiger partial charge in [0.05, 0.1) is 16.7 Å². The van der Waals surface area contributed by atoms with Crippen LogP contribution in [0.2, 0.25) is 0 Å². The second-order valence-electron chi connectivity index (χ2n) is 12.5. The second-order valence-corrected chi connectivity index (χ2v) is 12.5. The van der Waals surface area contributed by atoms with Crippen molar-refractivity contribution in [1.29, 1.82) is 0 Å². The summed E-state index contributed by atoms with van der Waals surface area (Å²) in [6.07, 6.45) is 0. The topological polar surface area (TPSA) is 59.4 Å². The molecule has 1 N–H and O–H groups in total. The number of aromatic nitrogens is 5. The molecule has 3 aromatic heterocycles. The maximum Gasteiger partial charge on any atom is 0.166 e. The van der Waals surface area contributed by atoms with Crippen molar-refractivity contribution in [3.05, 3.63) is 170 Å². The Bertz CT molecular complexity index is 2870. The molecule has 0 radical (unpaired) electrons. The smallest absolute Gasteiger partial charge is 0.166 e. The number of para-hydroxylation sites is 3. The van der Waals surface area contributed by atoms with Crippen LogP contribution in [0.5, 0.6) is 0 Å². The summed E-state index contributed by atoms with van der Waals surface area (Å²) in [5.41, 5.74) is 10.5. The fourth-order valence-corrected chi connectivity index (χ4v) is 7.38. The lowest BCUT2D eigenvalue weighted by Crippen LogP contribution is -2.04. The maximum atomic E-state index is 5.28. The van der Waals surface area contributed by atoms with Crippen LogP contribution in [0.15, 0.2) is 170 Å². The number of H-pyrrole nitrogens is 1. The number of nitrogens with zero attached hydrogens (tertiary/aromatic N) is 4. The van der Waals surface area contributed by atoms with E-state index in [-0.39, 0.29) is 0 Å². The van der Waals surface area contributed by atoms with E-state index in [2.05, 4.69) is 149 Å². The lowest BCUT2D eigenvalue weighted by atomic mass is 9.99. The highest BCUT2D eigenvalue weighted by Gasteiger charge is 2.22. The summed E-state index contributed by atoms with van der Waals surface area (Å²) < 4.78 is 2.40. The van der Waals surface area contributed by atoms with Crippen LogP contribution in [0.4, 0.5) is 0 Å². The molecule has 5 heteroatoms. The normalized spacial score (nSPS) is 11.6. The number of benzene rings is 7. The van der Waals surface area contributed by atoms with Gasteiger partial charge in [0.15, 0.2) is 17.5 Å². The third kappa shape index (κ3) is 4.45. The molecule has 10 rings (SSSR count). The molecule has 0 spiro atoms. The molecule has 3 heterocycles. The minimum Gasteiger partial charge on any atom is -0.354 e. The van der Waals surface area contributed by atoms with Crippen molar-refractivity contribution < 1.29 is 0 Å². The fourth-order valence-electron chi connectivity index (χ4n) is 7.38. The van der Waals surface area contributed by atoms with Gasteiger partial charge in [0, 0.05) is 49.3 Å². The van der Waals surface area contributed by atoms with Crippen LogP contribution in [-0.2, 0) is 0 Å². The Labute approximate surface area is 288 Å². The molecule has 0 aliphatic heterocycles. The first-order valence-electron chi connectivity index (χ1n) is 16.8. The summed E-state index contributed by atoms with van der Waals surface area (Å²) >= 11 is 0. The van der Waals surface area contributed by atoms with E-state index in [1.54, 1.807) is 0 Å². The largest absolute Gasteiger partial charge is 0.354 e. The van der Waals surface area contributed by atoms with Crippen LogP contribution >= 0.6 is 0 Å². The minimum atomic E-state index is 0.615. The van der Waals surface area contributed by atoms with Gasteiger partial charge < -0.3 is 9.55 Å². The molecule has 0 aliphatic carbocycles. The van der Waals surface area contributed by atoms with Gasteiger partial charge in [-0.2, -0.15) is 0 Å². The number of aromatic amines is 1. The molecule has 5 nitrogen and oxygen atoms in total. The van der Waals surface area contributed by atoms with Crippen molar-refractivity contribution in [2.24, 2.45) is 0 Å². The summed E-state index contributed by atoms with van der Waals surface area (Å²) in [5, 5.41) is 4.79. The molecule has 234 valence electrons. The molecule has 0 fully saturated rings. The molecule has 0 aliphatic rings. The Kier molecular flexibility index (Phi) is 6.42. The molecule has 0 atom stereocenters. The number of hydrogen-bond donors (Lipinski definition) is 1. The first kappa shape index (κ1) is 28.2. The van der Waals surface area contributed by atoms with E-state index in [9.17, 15) is 0 Å².